The Hall–Kier alpha value is -1.65. The highest BCUT2D eigenvalue weighted by Crippen LogP contribution is 2.30. The largest absolute Gasteiger partial charge is 0.330 e. The summed E-state index contributed by atoms with van der Waals surface area (Å²) < 4.78 is 2.21. The van der Waals surface area contributed by atoms with Crippen molar-refractivity contribution in [1.82, 2.24) is 9.38 Å². The van der Waals surface area contributed by atoms with Gasteiger partial charge in [-0.25, -0.2) is 4.98 Å². The van der Waals surface area contributed by atoms with Crippen LogP contribution in [0.25, 0.3) is 16.2 Å². The van der Waals surface area contributed by atoms with Crippen LogP contribution in [0.2, 0.25) is 0 Å². The van der Waals surface area contributed by atoms with Crippen LogP contribution in [0.15, 0.2) is 29.8 Å². The monoisotopic (exact) mass is 297 g/mol. The summed E-state index contributed by atoms with van der Waals surface area (Å²) >= 11 is 1.70. The molecule has 1 aliphatic carbocycles. The van der Waals surface area contributed by atoms with Crippen molar-refractivity contribution in [3.8, 4) is 11.3 Å². The van der Waals surface area contributed by atoms with Crippen molar-refractivity contribution >= 4 is 16.3 Å². The molecule has 0 saturated heterocycles. The van der Waals surface area contributed by atoms with Crippen LogP contribution in [0.5, 0.6) is 0 Å². The van der Waals surface area contributed by atoms with Gasteiger partial charge in [0.2, 0.25) is 0 Å². The molecule has 0 atom stereocenters. The van der Waals surface area contributed by atoms with Crippen LogP contribution in [0.1, 0.15) is 29.7 Å². The first-order chi connectivity index (χ1) is 10.3. The van der Waals surface area contributed by atoms with E-state index in [2.05, 4.69) is 39.2 Å². The van der Waals surface area contributed by atoms with E-state index in [1.165, 1.54) is 48.1 Å². The van der Waals surface area contributed by atoms with Gasteiger partial charge in [0.25, 0.3) is 0 Å². The van der Waals surface area contributed by atoms with Crippen LogP contribution in [0.4, 0.5) is 0 Å². The highest BCUT2D eigenvalue weighted by Gasteiger charge is 2.13. The average Bonchev–Trinajstić information content (AvgIpc) is 3.07. The molecule has 1 aliphatic rings. The molecule has 3 nitrogen and oxygen atoms in total. The molecule has 2 aromatic heterocycles. The predicted molar refractivity (Wildman–Crippen MR) is 87.9 cm³/mol. The van der Waals surface area contributed by atoms with E-state index in [-0.39, 0.29) is 0 Å². The molecule has 0 aliphatic heterocycles. The second kappa shape index (κ2) is 5.28. The third-order valence-electron chi connectivity index (χ3n) is 4.30. The second-order valence-electron chi connectivity index (χ2n) is 5.74. The van der Waals surface area contributed by atoms with Gasteiger partial charge in [-0.3, -0.25) is 4.40 Å². The Morgan fingerprint density at radius 1 is 1.19 bits per heavy atom. The van der Waals surface area contributed by atoms with Gasteiger partial charge >= 0.3 is 0 Å². The number of aromatic nitrogens is 2. The van der Waals surface area contributed by atoms with Crippen molar-refractivity contribution in [3.63, 3.8) is 0 Å². The van der Waals surface area contributed by atoms with Crippen LogP contribution in [0, 0.1) is 0 Å². The van der Waals surface area contributed by atoms with Gasteiger partial charge in [0, 0.05) is 18.0 Å². The molecule has 3 aromatic rings. The molecule has 2 N–H and O–H groups in total. The van der Waals surface area contributed by atoms with E-state index in [4.69, 9.17) is 5.73 Å². The number of nitrogens with two attached hydrogens (primary N) is 1. The Morgan fingerprint density at radius 2 is 2.05 bits per heavy atom. The summed E-state index contributed by atoms with van der Waals surface area (Å²) in [4.78, 5) is 5.70. The van der Waals surface area contributed by atoms with Crippen molar-refractivity contribution in [2.75, 3.05) is 6.54 Å². The summed E-state index contributed by atoms with van der Waals surface area (Å²) in [6.45, 7) is 0.652. The average molecular weight is 297 g/mol. The Morgan fingerprint density at radius 3 is 2.90 bits per heavy atom. The summed E-state index contributed by atoms with van der Waals surface area (Å²) in [5, 5.41) is 2.21. The number of imidazole rings is 1. The van der Waals surface area contributed by atoms with E-state index in [1.807, 2.05) is 0 Å². The fourth-order valence-corrected chi connectivity index (χ4v) is 4.10. The van der Waals surface area contributed by atoms with Crippen LogP contribution in [-0.2, 0) is 19.3 Å². The second-order valence-corrected chi connectivity index (χ2v) is 6.57. The third kappa shape index (κ3) is 2.28. The van der Waals surface area contributed by atoms with Gasteiger partial charge in [0.15, 0.2) is 4.96 Å². The molecule has 21 heavy (non-hydrogen) atoms. The highest BCUT2D eigenvalue weighted by atomic mass is 32.1. The number of fused-ring (bicyclic) bond motifs is 2. The minimum Gasteiger partial charge on any atom is -0.330 e. The number of hydrogen-bond donors (Lipinski definition) is 1. The zero-order chi connectivity index (χ0) is 14.2. The number of aryl methyl sites for hydroxylation is 2. The smallest absolute Gasteiger partial charge is 0.194 e. The molecule has 0 saturated carbocycles. The maximum absolute atomic E-state index is 5.63. The van der Waals surface area contributed by atoms with E-state index in [9.17, 15) is 0 Å². The molecule has 4 rings (SSSR count). The van der Waals surface area contributed by atoms with E-state index in [0.29, 0.717) is 6.54 Å². The molecule has 1 aromatic carbocycles. The molecule has 0 spiro atoms. The van der Waals surface area contributed by atoms with E-state index >= 15 is 0 Å². The number of benzene rings is 1. The van der Waals surface area contributed by atoms with E-state index in [1.54, 1.807) is 11.3 Å². The maximum atomic E-state index is 5.63. The normalized spacial score (nSPS) is 14.5. The Bertz CT molecular complexity index is 785. The Labute approximate surface area is 128 Å². The lowest BCUT2D eigenvalue weighted by Crippen LogP contribution is -2.03. The van der Waals surface area contributed by atoms with Crippen molar-refractivity contribution in [2.24, 2.45) is 5.73 Å². The summed E-state index contributed by atoms with van der Waals surface area (Å²) in [7, 11) is 0. The van der Waals surface area contributed by atoms with Gasteiger partial charge < -0.3 is 5.73 Å². The van der Waals surface area contributed by atoms with Crippen molar-refractivity contribution < 1.29 is 0 Å². The summed E-state index contributed by atoms with van der Waals surface area (Å²) in [5.41, 5.74) is 12.3. The van der Waals surface area contributed by atoms with Gasteiger partial charge in [0.05, 0.1) is 11.4 Å². The van der Waals surface area contributed by atoms with Crippen LogP contribution >= 0.6 is 11.3 Å². The number of thiazole rings is 1. The summed E-state index contributed by atoms with van der Waals surface area (Å²) in [6, 6.07) is 6.94. The van der Waals surface area contributed by atoms with Gasteiger partial charge in [-0.15, -0.1) is 11.3 Å². The quantitative estimate of drug-likeness (QED) is 0.804. The fourth-order valence-electron chi connectivity index (χ4n) is 3.20. The first-order valence-electron chi connectivity index (χ1n) is 7.63. The van der Waals surface area contributed by atoms with Gasteiger partial charge in [0.1, 0.15) is 0 Å². The Kier molecular flexibility index (Phi) is 3.28. The van der Waals surface area contributed by atoms with Crippen molar-refractivity contribution in [2.45, 2.75) is 32.1 Å². The number of nitrogens with zero attached hydrogens (tertiary/aromatic N) is 2. The van der Waals surface area contributed by atoms with Crippen molar-refractivity contribution in [3.05, 3.63) is 46.6 Å². The number of hydrogen-bond acceptors (Lipinski definition) is 3. The highest BCUT2D eigenvalue weighted by molar-refractivity contribution is 7.15. The fraction of sp³-hybridized carbons (Fsp3) is 0.353. The lowest BCUT2D eigenvalue weighted by Gasteiger charge is -2.16. The molecule has 0 fully saturated rings. The molecule has 0 unspecified atom stereocenters. The zero-order valence-electron chi connectivity index (χ0n) is 12.0. The molecular formula is C17H19N3S. The van der Waals surface area contributed by atoms with E-state index < -0.39 is 0 Å². The lowest BCUT2D eigenvalue weighted by molar-refractivity contribution is 0.686. The van der Waals surface area contributed by atoms with Gasteiger partial charge in [-0.1, -0.05) is 12.1 Å². The van der Waals surface area contributed by atoms with Gasteiger partial charge in [-0.05, 0) is 55.0 Å². The molecule has 4 heteroatoms. The predicted octanol–water partition coefficient (Wildman–Crippen LogP) is 3.44. The molecule has 108 valence electrons. The molecular weight excluding hydrogens is 278 g/mol. The maximum Gasteiger partial charge on any atom is 0.194 e. The van der Waals surface area contributed by atoms with Gasteiger partial charge in [-0.2, -0.15) is 0 Å². The first kappa shape index (κ1) is 13.0. The Balaban J connectivity index is 1.78. The van der Waals surface area contributed by atoms with Crippen LogP contribution in [0.3, 0.4) is 0 Å². The summed E-state index contributed by atoms with van der Waals surface area (Å²) in [5.74, 6) is 0. The molecule has 0 bridgehead atoms. The zero-order valence-corrected chi connectivity index (χ0v) is 12.8. The SMILES string of the molecule is NCCc1cn2c(-c3ccc4c(c3)CCCC4)csc2n1. The minimum absolute atomic E-state index is 0.652. The molecule has 0 radical (unpaired) electrons. The first-order valence-corrected chi connectivity index (χ1v) is 8.51. The van der Waals surface area contributed by atoms with Crippen molar-refractivity contribution in [1.29, 1.82) is 0 Å². The minimum atomic E-state index is 0.652. The molecule has 0 amide bonds. The topological polar surface area (TPSA) is 43.3 Å². The standard InChI is InChI=1S/C17H19N3S/c18-8-7-15-10-20-16(11-21-17(20)19-15)14-6-5-12-3-1-2-4-13(12)9-14/h5-6,9-11H,1-4,7-8,18H2. The van der Waals surface area contributed by atoms with Crippen LogP contribution < -0.4 is 5.73 Å². The molecule has 2 heterocycles. The third-order valence-corrected chi connectivity index (χ3v) is 5.14. The van der Waals surface area contributed by atoms with Crippen LogP contribution in [-0.4, -0.2) is 15.9 Å². The van der Waals surface area contributed by atoms with E-state index in [0.717, 1.165) is 17.1 Å². The lowest BCUT2D eigenvalue weighted by atomic mass is 9.90. The summed E-state index contributed by atoms with van der Waals surface area (Å²) in [6.07, 6.45) is 8.09. The number of rotatable bonds is 3.